The molecule has 0 amide bonds. The zero-order chi connectivity index (χ0) is 13.7. The van der Waals surface area contributed by atoms with E-state index in [2.05, 4.69) is 86.7 Å². The average Bonchev–Trinajstić information content (AvgIpc) is 3.01. The molecule has 4 rings (SSSR count). The van der Waals surface area contributed by atoms with Gasteiger partial charge in [-0.3, -0.25) is 0 Å². The van der Waals surface area contributed by atoms with Crippen molar-refractivity contribution >= 4 is 32.6 Å². The molecule has 0 aliphatic carbocycles. The minimum absolute atomic E-state index is 1.13. The first-order chi connectivity index (χ1) is 9.75. The van der Waals surface area contributed by atoms with Gasteiger partial charge in [0.25, 0.3) is 0 Å². The molecule has 20 heavy (non-hydrogen) atoms. The molecule has 4 aromatic rings. The number of hydrogen-bond acceptors (Lipinski definition) is 0. The summed E-state index contributed by atoms with van der Waals surface area (Å²) in [5.74, 6) is 0. The lowest BCUT2D eigenvalue weighted by Gasteiger charge is -2.00. The van der Waals surface area contributed by atoms with Crippen molar-refractivity contribution < 1.29 is 0 Å². The van der Waals surface area contributed by atoms with E-state index in [1.807, 2.05) is 6.07 Å². The van der Waals surface area contributed by atoms with Gasteiger partial charge in [-0.05, 0) is 29.8 Å². The number of halogens is 1. The van der Waals surface area contributed by atoms with Crippen molar-refractivity contribution in [1.29, 1.82) is 0 Å². The van der Waals surface area contributed by atoms with Crippen LogP contribution in [0.2, 0.25) is 0 Å². The molecule has 0 radical (unpaired) electrons. The van der Waals surface area contributed by atoms with Gasteiger partial charge in [-0.2, -0.15) is 0 Å². The molecule has 0 unspecified atom stereocenters. The van der Waals surface area contributed by atoms with Crippen LogP contribution in [0.5, 0.6) is 0 Å². The maximum absolute atomic E-state index is 3.63. The number of imidazole rings is 1. The normalized spacial score (nSPS) is 11.5. The van der Waals surface area contributed by atoms with Crippen molar-refractivity contribution in [2.75, 3.05) is 0 Å². The van der Waals surface area contributed by atoms with Gasteiger partial charge in [0.05, 0.1) is 11.0 Å². The van der Waals surface area contributed by atoms with Crippen LogP contribution in [0.4, 0.5) is 0 Å². The highest BCUT2D eigenvalue weighted by Gasteiger charge is 2.11. The first-order valence-electron chi connectivity index (χ1n) is 6.56. The SMILES string of the molecule is Cn1c2ccccc2n2cc(-c3ccccc3Br)cc12. The molecule has 0 spiro atoms. The van der Waals surface area contributed by atoms with E-state index in [4.69, 9.17) is 0 Å². The van der Waals surface area contributed by atoms with Crippen LogP contribution in [0.25, 0.3) is 27.8 Å². The fourth-order valence-corrected chi connectivity index (χ4v) is 3.33. The maximum atomic E-state index is 3.63. The number of benzene rings is 2. The molecule has 0 fully saturated rings. The monoisotopic (exact) mass is 324 g/mol. The quantitative estimate of drug-likeness (QED) is 0.473. The number of rotatable bonds is 1. The van der Waals surface area contributed by atoms with E-state index in [0.717, 1.165) is 4.47 Å². The molecule has 0 saturated carbocycles. The molecule has 3 heteroatoms. The van der Waals surface area contributed by atoms with Crippen LogP contribution in [-0.4, -0.2) is 8.97 Å². The molecular formula is C17H13BrN2. The Kier molecular flexibility index (Phi) is 2.51. The van der Waals surface area contributed by atoms with E-state index < -0.39 is 0 Å². The molecule has 2 nitrogen and oxygen atoms in total. The number of para-hydroxylation sites is 2. The van der Waals surface area contributed by atoms with Crippen molar-refractivity contribution in [3.8, 4) is 11.1 Å². The molecule has 2 aromatic carbocycles. The fraction of sp³-hybridized carbons (Fsp3) is 0.0588. The van der Waals surface area contributed by atoms with Crippen LogP contribution in [0.3, 0.4) is 0 Å². The van der Waals surface area contributed by atoms with E-state index in [-0.39, 0.29) is 0 Å². The number of fused-ring (bicyclic) bond motifs is 3. The predicted octanol–water partition coefficient (Wildman–Crippen LogP) is 4.86. The Hall–Kier alpha value is -2.00. The van der Waals surface area contributed by atoms with E-state index >= 15 is 0 Å². The summed E-state index contributed by atoms with van der Waals surface area (Å²) in [6.07, 6.45) is 2.21. The van der Waals surface area contributed by atoms with E-state index in [9.17, 15) is 0 Å². The average molecular weight is 325 g/mol. The second-order valence-electron chi connectivity index (χ2n) is 4.98. The third-order valence-corrected chi connectivity index (χ3v) is 4.52. The number of nitrogens with zero attached hydrogens (tertiary/aromatic N) is 2. The number of aromatic nitrogens is 2. The molecular weight excluding hydrogens is 312 g/mol. The second-order valence-corrected chi connectivity index (χ2v) is 5.84. The Labute approximate surface area is 125 Å². The van der Waals surface area contributed by atoms with Gasteiger partial charge in [-0.25, -0.2) is 0 Å². The van der Waals surface area contributed by atoms with E-state index in [1.165, 1.54) is 27.8 Å². The summed E-state index contributed by atoms with van der Waals surface area (Å²) in [4.78, 5) is 0. The molecule has 0 aliphatic rings. The summed E-state index contributed by atoms with van der Waals surface area (Å²) in [5.41, 5.74) is 6.15. The molecule has 2 aromatic heterocycles. The van der Waals surface area contributed by atoms with Crippen molar-refractivity contribution in [1.82, 2.24) is 8.97 Å². The Morgan fingerprint density at radius 1 is 0.900 bits per heavy atom. The summed E-state index contributed by atoms with van der Waals surface area (Å²) < 4.78 is 5.61. The highest BCUT2D eigenvalue weighted by Crippen LogP contribution is 2.31. The minimum Gasteiger partial charge on any atom is -0.329 e. The van der Waals surface area contributed by atoms with Crippen molar-refractivity contribution in [2.45, 2.75) is 0 Å². The lowest BCUT2D eigenvalue weighted by Crippen LogP contribution is -1.85. The summed E-state index contributed by atoms with van der Waals surface area (Å²) in [6, 6.07) is 19.0. The summed E-state index contributed by atoms with van der Waals surface area (Å²) in [5, 5.41) is 0. The first kappa shape index (κ1) is 11.8. The first-order valence-corrected chi connectivity index (χ1v) is 7.35. The minimum atomic E-state index is 1.13. The molecule has 0 atom stereocenters. The molecule has 0 N–H and O–H groups in total. The molecule has 98 valence electrons. The van der Waals surface area contributed by atoms with Crippen LogP contribution < -0.4 is 0 Å². The fourth-order valence-electron chi connectivity index (χ4n) is 2.82. The zero-order valence-corrected chi connectivity index (χ0v) is 12.6. The van der Waals surface area contributed by atoms with E-state index in [0.29, 0.717) is 0 Å². The summed E-state index contributed by atoms with van der Waals surface area (Å²) in [6.45, 7) is 0. The van der Waals surface area contributed by atoms with Crippen molar-refractivity contribution in [3.63, 3.8) is 0 Å². The summed E-state index contributed by atoms with van der Waals surface area (Å²) in [7, 11) is 2.11. The van der Waals surface area contributed by atoms with Crippen LogP contribution >= 0.6 is 15.9 Å². The Balaban J connectivity index is 2.05. The standard InChI is InChI=1S/C17H13BrN2/c1-19-15-8-4-5-9-16(15)20-11-12(10-17(19)20)13-6-2-3-7-14(13)18/h2-11H,1H3. The van der Waals surface area contributed by atoms with Gasteiger partial charge >= 0.3 is 0 Å². The molecule has 0 aliphatic heterocycles. The lowest BCUT2D eigenvalue weighted by atomic mass is 10.1. The third kappa shape index (κ3) is 1.56. The second kappa shape index (κ2) is 4.25. The number of hydrogen-bond donors (Lipinski definition) is 0. The van der Waals surface area contributed by atoms with Gasteiger partial charge in [-0.15, -0.1) is 0 Å². The van der Waals surface area contributed by atoms with Crippen LogP contribution in [0.15, 0.2) is 65.3 Å². The molecule has 0 saturated heterocycles. The lowest BCUT2D eigenvalue weighted by molar-refractivity contribution is 0.994. The van der Waals surface area contributed by atoms with Gasteiger partial charge in [0.2, 0.25) is 0 Å². The third-order valence-electron chi connectivity index (χ3n) is 3.83. The Morgan fingerprint density at radius 3 is 2.40 bits per heavy atom. The zero-order valence-electron chi connectivity index (χ0n) is 11.0. The topological polar surface area (TPSA) is 9.34 Å². The van der Waals surface area contributed by atoms with Crippen LogP contribution in [0.1, 0.15) is 0 Å². The number of aryl methyl sites for hydroxylation is 1. The maximum Gasteiger partial charge on any atom is 0.118 e. The van der Waals surface area contributed by atoms with Gasteiger partial charge < -0.3 is 8.97 Å². The van der Waals surface area contributed by atoms with Crippen molar-refractivity contribution in [2.24, 2.45) is 7.05 Å². The highest BCUT2D eigenvalue weighted by molar-refractivity contribution is 9.10. The van der Waals surface area contributed by atoms with Crippen LogP contribution in [0, 0.1) is 0 Å². The van der Waals surface area contributed by atoms with Gasteiger partial charge in [0.15, 0.2) is 0 Å². The summed E-state index contributed by atoms with van der Waals surface area (Å²) >= 11 is 3.63. The largest absolute Gasteiger partial charge is 0.329 e. The Bertz CT molecular complexity index is 931. The van der Waals surface area contributed by atoms with Gasteiger partial charge in [0.1, 0.15) is 5.65 Å². The molecule has 0 bridgehead atoms. The highest BCUT2D eigenvalue weighted by atomic mass is 79.9. The smallest absolute Gasteiger partial charge is 0.118 e. The molecule has 2 heterocycles. The van der Waals surface area contributed by atoms with Crippen LogP contribution in [-0.2, 0) is 7.05 Å². The van der Waals surface area contributed by atoms with Gasteiger partial charge in [0, 0.05) is 23.3 Å². The van der Waals surface area contributed by atoms with Crippen molar-refractivity contribution in [3.05, 3.63) is 65.3 Å². The van der Waals surface area contributed by atoms with E-state index in [1.54, 1.807) is 0 Å². The van der Waals surface area contributed by atoms with Gasteiger partial charge in [-0.1, -0.05) is 46.3 Å². The predicted molar refractivity (Wildman–Crippen MR) is 87.0 cm³/mol. The Morgan fingerprint density at radius 2 is 1.60 bits per heavy atom.